The van der Waals surface area contributed by atoms with Gasteiger partial charge in [-0.25, -0.2) is 0 Å². The van der Waals surface area contributed by atoms with E-state index < -0.39 is 4.92 Å². The van der Waals surface area contributed by atoms with Crippen molar-refractivity contribution in [3.05, 3.63) is 63.5 Å². The Bertz CT molecular complexity index is 1160. The predicted octanol–water partition coefficient (Wildman–Crippen LogP) is 3.47. The third kappa shape index (κ3) is 2.94. The average Bonchev–Trinajstić information content (AvgIpc) is 3.34. The van der Waals surface area contributed by atoms with Crippen LogP contribution in [0.15, 0.2) is 39.3 Å². The SMILES string of the molecule is Cc1nn(Cc2nnc(-c3c(-c4ccccc4)noc3C)o2)c(C)c1[N+](=O)[O-]. The zero-order valence-electron chi connectivity index (χ0n) is 15.4. The molecule has 28 heavy (non-hydrogen) atoms. The summed E-state index contributed by atoms with van der Waals surface area (Å²) in [7, 11) is 0. The molecule has 0 aliphatic heterocycles. The molecule has 1 aromatic carbocycles. The number of aromatic nitrogens is 5. The minimum absolute atomic E-state index is 0.0130. The van der Waals surface area contributed by atoms with Gasteiger partial charge in [-0.05, 0) is 20.8 Å². The second-order valence-corrected chi connectivity index (χ2v) is 6.26. The minimum Gasteiger partial charge on any atom is -0.418 e. The predicted molar refractivity (Wildman–Crippen MR) is 97.4 cm³/mol. The van der Waals surface area contributed by atoms with Crippen LogP contribution in [0, 0.1) is 30.9 Å². The van der Waals surface area contributed by atoms with Crippen molar-refractivity contribution in [3.63, 3.8) is 0 Å². The van der Waals surface area contributed by atoms with E-state index in [9.17, 15) is 10.1 Å². The fourth-order valence-electron chi connectivity index (χ4n) is 3.07. The van der Waals surface area contributed by atoms with Crippen LogP contribution in [0.4, 0.5) is 5.69 Å². The molecule has 0 bridgehead atoms. The molecule has 0 N–H and O–H groups in total. The second-order valence-electron chi connectivity index (χ2n) is 6.26. The lowest BCUT2D eigenvalue weighted by Crippen LogP contribution is -2.04. The molecule has 0 saturated heterocycles. The Hall–Kier alpha value is -3.82. The minimum atomic E-state index is -0.444. The Morgan fingerprint density at radius 2 is 1.89 bits per heavy atom. The standard InChI is InChI=1S/C18H16N6O4/c1-10-17(24(25)26)11(2)23(21-10)9-14-19-20-18(27-14)15-12(3)28-22-16(15)13-7-5-4-6-8-13/h4-8H,9H2,1-3H3. The van der Waals surface area contributed by atoms with Crippen LogP contribution < -0.4 is 0 Å². The van der Waals surface area contributed by atoms with Crippen LogP contribution in [0.2, 0.25) is 0 Å². The van der Waals surface area contributed by atoms with E-state index >= 15 is 0 Å². The van der Waals surface area contributed by atoms with Gasteiger partial charge in [0.05, 0.1) is 4.92 Å². The van der Waals surface area contributed by atoms with Crippen molar-refractivity contribution in [2.24, 2.45) is 0 Å². The highest BCUT2D eigenvalue weighted by molar-refractivity contribution is 5.77. The molecule has 4 aromatic rings. The van der Waals surface area contributed by atoms with Crippen molar-refractivity contribution >= 4 is 5.69 Å². The first-order valence-corrected chi connectivity index (χ1v) is 8.48. The van der Waals surface area contributed by atoms with E-state index in [1.807, 2.05) is 30.3 Å². The van der Waals surface area contributed by atoms with Crippen LogP contribution in [0.5, 0.6) is 0 Å². The number of hydrogen-bond acceptors (Lipinski definition) is 8. The van der Waals surface area contributed by atoms with E-state index in [0.717, 1.165) is 5.56 Å². The van der Waals surface area contributed by atoms with Crippen LogP contribution in [0.3, 0.4) is 0 Å². The van der Waals surface area contributed by atoms with Gasteiger partial charge in [-0.1, -0.05) is 35.5 Å². The second kappa shape index (κ2) is 6.72. The maximum atomic E-state index is 11.2. The normalized spacial score (nSPS) is 11.1. The number of aryl methyl sites for hydroxylation is 2. The highest BCUT2D eigenvalue weighted by atomic mass is 16.6. The molecule has 0 unspecified atom stereocenters. The summed E-state index contributed by atoms with van der Waals surface area (Å²) in [6.45, 7) is 5.11. The zero-order chi connectivity index (χ0) is 19.8. The van der Waals surface area contributed by atoms with Crippen molar-refractivity contribution < 1.29 is 13.9 Å². The monoisotopic (exact) mass is 380 g/mol. The summed E-state index contributed by atoms with van der Waals surface area (Å²) in [5, 5.41) is 27.6. The average molecular weight is 380 g/mol. The zero-order valence-corrected chi connectivity index (χ0v) is 15.4. The molecule has 3 heterocycles. The molecule has 0 saturated carbocycles. The van der Waals surface area contributed by atoms with E-state index in [0.29, 0.717) is 28.4 Å². The summed E-state index contributed by atoms with van der Waals surface area (Å²) in [5.41, 5.74) is 2.83. The highest BCUT2D eigenvalue weighted by Gasteiger charge is 2.25. The van der Waals surface area contributed by atoms with Crippen molar-refractivity contribution in [1.82, 2.24) is 25.1 Å². The third-order valence-electron chi connectivity index (χ3n) is 4.40. The van der Waals surface area contributed by atoms with Gasteiger partial charge in [0.2, 0.25) is 5.89 Å². The number of nitrogens with zero attached hydrogens (tertiary/aromatic N) is 6. The number of hydrogen-bond donors (Lipinski definition) is 0. The Morgan fingerprint density at radius 3 is 2.57 bits per heavy atom. The molecular formula is C18H16N6O4. The topological polar surface area (TPSA) is 126 Å². The van der Waals surface area contributed by atoms with E-state index in [-0.39, 0.29) is 24.0 Å². The largest absolute Gasteiger partial charge is 0.418 e. The summed E-state index contributed by atoms with van der Waals surface area (Å²) in [4.78, 5) is 10.7. The first-order valence-electron chi connectivity index (χ1n) is 8.48. The first-order chi connectivity index (χ1) is 13.5. The highest BCUT2D eigenvalue weighted by Crippen LogP contribution is 2.33. The molecule has 0 aliphatic carbocycles. The summed E-state index contributed by atoms with van der Waals surface area (Å²) in [5.74, 6) is 1.09. The fourth-order valence-corrected chi connectivity index (χ4v) is 3.07. The summed E-state index contributed by atoms with van der Waals surface area (Å²) < 4.78 is 12.6. The summed E-state index contributed by atoms with van der Waals surface area (Å²) in [6.07, 6.45) is 0. The van der Waals surface area contributed by atoms with Crippen molar-refractivity contribution in [1.29, 1.82) is 0 Å². The van der Waals surface area contributed by atoms with Gasteiger partial charge in [0, 0.05) is 5.56 Å². The van der Waals surface area contributed by atoms with Gasteiger partial charge in [0.1, 0.15) is 35.0 Å². The van der Waals surface area contributed by atoms with E-state index in [1.54, 1.807) is 20.8 Å². The molecular weight excluding hydrogens is 364 g/mol. The van der Waals surface area contributed by atoms with Crippen LogP contribution in [0.25, 0.3) is 22.7 Å². The Morgan fingerprint density at radius 1 is 1.14 bits per heavy atom. The van der Waals surface area contributed by atoms with Gasteiger partial charge in [-0.15, -0.1) is 10.2 Å². The summed E-state index contributed by atoms with van der Waals surface area (Å²) >= 11 is 0. The maximum Gasteiger partial charge on any atom is 0.312 e. The van der Waals surface area contributed by atoms with E-state index in [2.05, 4.69) is 20.5 Å². The molecule has 142 valence electrons. The molecule has 0 amide bonds. The lowest BCUT2D eigenvalue weighted by atomic mass is 10.1. The van der Waals surface area contributed by atoms with Crippen molar-refractivity contribution in [3.8, 4) is 22.7 Å². The Kier molecular flexibility index (Phi) is 4.22. The summed E-state index contributed by atoms with van der Waals surface area (Å²) in [6, 6.07) is 9.53. The Labute approximate surface area is 158 Å². The van der Waals surface area contributed by atoms with Gasteiger partial charge < -0.3 is 8.94 Å². The van der Waals surface area contributed by atoms with Gasteiger partial charge in [0.25, 0.3) is 5.89 Å². The van der Waals surface area contributed by atoms with E-state index in [1.165, 1.54) is 4.68 Å². The number of rotatable bonds is 5. The Balaban J connectivity index is 1.68. The van der Waals surface area contributed by atoms with Crippen LogP contribution in [-0.2, 0) is 6.54 Å². The number of benzene rings is 1. The van der Waals surface area contributed by atoms with Crippen LogP contribution in [-0.4, -0.2) is 30.1 Å². The fraction of sp³-hybridized carbons (Fsp3) is 0.222. The van der Waals surface area contributed by atoms with Crippen molar-refractivity contribution in [2.75, 3.05) is 0 Å². The van der Waals surface area contributed by atoms with Gasteiger partial charge in [-0.2, -0.15) is 5.10 Å². The molecule has 0 radical (unpaired) electrons. The molecule has 0 atom stereocenters. The molecule has 4 rings (SSSR count). The van der Waals surface area contributed by atoms with Gasteiger partial charge in [-0.3, -0.25) is 14.8 Å². The maximum absolute atomic E-state index is 11.2. The van der Waals surface area contributed by atoms with E-state index in [4.69, 9.17) is 8.94 Å². The van der Waals surface area contributed by atoms with Crippen LogP contribution in [0.1, 0.15) is 23.0 Å². The van der Waals surface area contributed by atoms with Crippen LogP contribution >= 0.6 is 0 Å². The first kappa shape index (κ1) is 17.6. The molecule has 10 nitrogen and oxygen atoms in total. The molecule has 3 aromatic heterocycles. The van der Waals surface area contributed by atoms with Gasteiger partial charge in [0.15, 0.2) is 0 Å². The molecule has 0 aliphatic rings. The smallest absolute Gasteiger partial charge is 0.312 e. The van der Waals surface area contributed by atoms with Crippen molar-refractivity contribution in [2.45, 2.75) is 27.3 Å². The third-order valence-corrected chi connectivity index (χ3v) is 4.40. The molecule has 0 spiro atoms. The van der Waals surface area contributed by atoms with Gasteiger partial charge >= 0.3 is 5.69 Å². The number of nitro groups is 1. The quantitative estimate of drug-likeness (QED) is 0.380. The lowest BCUT2D eigenvalue weighted by Gasteiger charge is -1.99. The lowest BCUT2D eigenvalue weighted by molar-refractivity contribution is -0.386. The molecule has 10 heteroatoms. The molecule has 0 fully saturated rings.